The zero-order valence-electron chi connectivity index (χ0n) is 20.9. The average molecular weight is 573 g/mol. The van der Waals surface area contributed by atoms with Crippen molar-refractivity contribution in [3.63, 3.8) is 0 Å². The van der Waals surface area contributed by atoms with Crippen LogP contribution in [0.1, 0.15) is 34.7 Å². The number of methoxy groups -OCH3 is 1. The maximum absolute atomic E-state index is 14.0. The van der Waals surface area contributed by atoms with Gasteiger partial charge in [-0.3, -0.25) is 9.36 Å². The Bertz CT molecular complexity index is 1750. The smallest absolute Gasteiger partial charge is 0.271 e. The number of hydrogen-bond acceptors (Lipinski definition) is 5. The third-order valence-corrected chi connectivity index (χ3v) is 8.68. The Labute approximate surface area is 227 Å². The van der Waals surface area contributed by atoms with Crippen molar-refractivity contribution in [2.75, 3.05) is 26.1 Å². The van der Waals surface area contributed by atoms with Crippen LogP contribution >= 0.6 is 27.3 Å². The first-order valence-corrected chi connectivity index (χ1v) is 13.8. The summed E-state index contributed by atoms with van der Waals surface area (Å²) in [5, 5.41) is 0. The highest BCUT2D eigenvalue weighted by Gasteiger charge is 2.33. The van der Waals surface area contributed by atoms with Gasteiger partial charge in [0.25, 0.3) is 5.56 Å². The van der Waals surface area contributed by atoms with Crippen LogP contribution in [0.3, 0.4) is 0 Å². The number of benzene rings is 3. The highest BCUT2D eigenvalue weighted by molar-refractivity contribution is 9.10. The van der Waals surface area contributed by atoms with E-state index >= 15 is 0 Å². The SMILES string of the molecule is COc1ccccc1[C@H]1C2=C(N=c3s/c(=C\c4ccc(N(C)C)c(Br)c4)c(=O)n31)c1ccccc1CC2. The van der Waals surface area contributed by atoms with Gasteiger partial charge in [-0.15, -0.1) is 0 Å². The van der Waals surface area contributed by atoms with Crippen LogP contribution in [0.15, 0.2) is 86.6 Å². The van der Waals surface area contributed by atoms with Gasteiger partial charge in [-0.05, 0) is 69.7 Å². The first-order chi connectivity index (χ1) is 18.0. The van der Waals surface area contributed by atoms with Crippen LogP contribution in [0.2, 0.25) is 0 Å². The molecule has 0 bridgehead atoms. The summed E-state index contributed by atoms with van der Waals surface area (Å²) in [5.74, 6) is 0.776. The molecule has 2 heterocycles. The van der Waals surface area contributed by atoms with E-state index in [0.29, 0.717) is 9.33 Å². The molecule has 2 aliphatic rings. The Morgan fingerprint density at radius 1 is 1.08 bits per heavy atom. The molecule has 0 saturated carbocycles. The van der Waals surface area contributed by atoms with Crippen molar-refractivity contribution in [2.24, 2.45) is 4.99 Å². The molecule has 0 fully saturated rings. The molecule has 1 aliphatic heterocycles. The molecule has 5 nitrogen and oxygen atoms in total. The Morgan fingerprint density at radius 3 is 2.65 bits per heavy atom. The number of hydrogen-bond donors (Lipinski definition) is 0. The lowest BCUT2D eigenvalue weighted by Gasteiger charge is -2.31. The number of aromatic nitrogens is 1. The fourth-order valence-electron chi connectivity index (χ4n) is 5.32. The van der Waals surface area contributed by atoms with Crippen LogP contribution in [0.5, 0.6) is 5.75 Å². The molecule has 3 aromatic carbocycles. The molecule has 1 atom stereocenters. The Morgan fingerprint density at radius 2 is 1.86 bits per heavy atom. The van der Waals surface area contributed by atoms with E-state index in [0.717, 1.165) is 51.1 Å². The number of fused-ring (bicyclic) bond motifs is 3. The minimum absolute atomic E-state index is 0.0297. The predicted molar refractivity (Wildman–Crippen MR) is 154 cm³/mol. The second-order valence-corrected chi connectivity index (χ2v) is 11.3. The summed E-state index contributed by atoms with van der Waals surface area (Å²) < 4.78 is 9.28. The lowest BCUT2D eigenvalue weighted by atomic mass is 9.83. The molecule has 37 heavy (non-hydrogen) atoms. The van der Waals surface area contributed by atoms with Gasteiger partial charge >= 0.3 is 0 Å². The van der Waals surface area contributed by atoms with Crippen molar-refractivity contribution < 1.29 is 4.74 Å². The van der Waals surface area contributed by atoms with Gasteiger partial charge < -0.3 is 9.64 Å². The topological polar surface area (TPSA) is 46.8 Å². The van der Waals surface area contributed by atoms with E-state index < -0.39 is 0 Å². The predicted octanol–water partition coefficient (Wildman–Crippen LogP) is 5.16. The molecular weight excluding hydrogens is 546 g/mol. The molecular formula is C30H26BrN3O2S. The molecule has 0 N–H and O–H groups in total. The Balaban J connectivity index is 1.60. The van der Waals surface area contributed by atoms with E-state index in [4.69, 9.17) is 9.73 Å². The second kappa shape index (κ2) is 9.47. The quantitative estimate of drug-likeness (QED) is 0.340. The average Bonchev–Trinajstić information content (AvgIpc) is 3.21. The van der Waals surface area contributed by atoms with E-state index in [9.17, 15) is 4.79 Å². The number of allylic oxidation sites excluding steroid dienone is 1. The first kappa shape index (κ1) is 23.9. The zero-order chi connectivity index (χ0) is 25.7. The molecule has 0 amide bonds. The third-order valence-electron chi connectivity index (χ3n) is 7.06. The van der Waals surface area contributed by atoms with Crippen molar-refractivity contribution in [2.45, 2.75) is 18.9 Å². The molecule has 4 aromatic rings. The summed E-state index contributed by atoms with van der Waals surface area (Å²) >= 11 is 5.11. The van der Waals surface area contributed by atoms with Gasteiger partial charge in [0.2, 0.25) is 0 Å². The summed E-state index contributed by atoms with van der Waals surface area (Å²) in [4.78, 5) is 21.8. The highest BCUT2D eigenvalue weighted by atomic mass is 79.9. The van der Waals surface area contributed by atoms with Crippen molar-refractivity contribution in [1.82, 2.24) is 4.57 Å². The van der Waals surface area contributed by atoms with Gasteiger partial charge in [0, 0.05) is 29.7 Å². The largest absolute Gasteiger partial charge is 0.496 e. The molecule has 0 radical (unpaired) electrons. The number of rotatable bonds is 4. The minimum atomic E-state index is -0.263. The standard InChI is InChI=1S/C30H26BrN3O2S/c1-33(2)24-15-12-18(16-23(24)31)17-26-29(35)34-28(21-10-6-7-11-25(21)36-3)22-14-13-19-8-4-5-9-20(19)27(22)32-30(34)37-26/h4-12,15-17,28H,13-14H2,1-3H3/b26-17-/t28-/m0/s1. The number of nitrogens with zero attached hydrogens (tertiary/aromatic N) is 3. The van der Waals surface area contributed by atoms with Crippen molar-refractivity contribution in [3.05, 3.63) is 119 Å². The molecule has 0 unspecified atom stereocenters. The lowest BCUT2D eigenvalue weighted by Crippen LogP contribution is -2.39. The van der Waals surface area contributed by atoms with Crippen LogP contribution in [0, 0.1) is 0 Å². The van der Waals surface area contributed by atoms with Gasteiger partial charge in [-0.25, -0.2) is 4.99 Å². The van der Waals surface area contributed by atoms with Gasteiger partial charge in [0.05, 0.1) is 29.1 Å². The van der Waals surface area contributed by atoms with Crippen LogP contribution < -0.4 is 24.5 Å². The summed E-state index contributed by atoms with van der Waals surface area (Å²) in [5.41, 5.74) is 7.62. The number of aryl methyl sites for hydroxylation is 1. The summed E-state index contributed by atoms with van der Waals surface area (Å²) in [6, 6.07) is 22.3. The van der Waals surface area contributed by atoms with Gasteiger partial charge in [-0.2, -0.15) is 0 Å². The van der Waals surface area contributed by atoms with E-state index in [1.165, 1.54) is 22.5 Å². The van der Waals surface area contributed by atoms with Crippen molar-refractivity contribution >= 4 is 44.7 Å². The monoisotopic (exact) mass is 571 g/mol. The van der Waals surface area contributed by atoms with Crippen LogP contribution in [-0.2, 0) is 6.42 Å². The van der Waals surface area contributed by atoms with E-state index in [-0.39, 0.29) is 11.6 Å². The molecule has 0 saturated heterocycles. The fraction of sp³-hybridized carbons (Fsp3) is 0.200. The molecule has 0 spiro atoms. The van der Waals surface area contributed by atoms with Gasteiger partial charge in [-0.1, -0.05) is 59.9 Å². The highest BCUT2D eigenvalue weighted by Crippen LogP contribution is 2.43. The summed E-state index contributed by atoms with van der Waals surface area (Å²) in [6.45, 7) is 0. The Hall–Kier alpha value is -3.42. The van der Waals surface area contributed by atoms with Gasteiger partial charge in [0.15, 0.2) is 4.80 Å². The fourth-order valence-corrected chi connectivity index (χ4v) is 7.07. The maximum atomic E-state index is 14.0. The minimum Gasteiger partial charge on any atom is -0.496 e. The van der Waals surface area contributed by atoms with Crippen LogP contribution in [-0.4, -0.2) is 25.8 Å². The number of halogens is 1. The maximum Gasteiger partial charge on any atom is 0.271 e. The number of ether oxygens (including phenoxy) is 1. The molecule has 7 heteroatoms. The van der Waals surface area contributed by atoms with Crippen molar-refractivity contribution in [3.8, 4) is 5.75 Å². The number of anilines is 1. The lowest BCUT2D eigenvalue weighted by molar-refractivity contribution is 0.402. The molecule has 186 valence electrons. The van der Waals surface area contributed by atoms with Gasteiger partial charge in [0.1, 0.15) is 5.75 Å². The van der Waals surface area contributed by atoms with E-state index in [1.54, 1.807) is 7.11 Å². The summed E-state index contributed by atoms with van der Waals surface area (Å²) in [7, 11) is 5.70. The molecule has 1 aromatic heterocycles. The number of thiazole rings is 1. The van der Waals surface area contributed by atoms with E-state index in [2.05, 4.69) is 57.2 Å². The van der Waals surface area contributed by atoms with Crippen LogP contribution in [0.4, 0.5) is 5.69 Å². The van der Waals surface area contributed by atoms with Crippen LogP contribution in [0.25, 0.3) is 11.8 Å². The molecule has 1 aliphatic carbocycles. The third kappa shape index (κ3) is 4.06. The zero-order valence-corrected chi connectivity index (χ0v) is 23.3. The summed E-state index contributed by atoms with van der Waals surface area (Å²) in [6.07, 6.45) is 3.73. The Kier molecular flexibility index (Phi) is 6.13. The molecule has 6 rings (SSSR count). The first-order valence-electron chi connectivity index (χ1n) is 12.2. The second-order valence-electron chi connectivity index (χ2n) is 9.46. The van der Waals surface area contributed by atoms with Crippen molar-refractivity contribution in [1.29, 1.82) is 0 Å². The van der Waals surface area contributed by atoms with E-state index in [1.807, 2.05) is 55.1 Å². The number of para-hydroxylation sites is 1. The normalized spacial score (nSPS) is 16.5.